The zero-order chi connectivity index (χ0) is 12.3. The van der Waals surface area contributed by atoms with Crippen LogP contribution in [0.2, 0.25) is 0 Å². The van der Waals surface area contributed by atoms with E-state index in [0.717, 1.165) is 6.07 Å². The Morgan fingerprint density at radius 1 is 1.44 bits per heavy atom. The van der Waals surface area contributed by atoms with Gasteiger partial charge in [-0.1, -0.05) is 0 Å². The van der Waals surface area contributed by atoms with E-state index in [9.17, 15) is 9.18 Å². The second kappa shape index (κ2) is 5.27. The van der Waals surface area contributed by atoms with Gasteiger partial charge in [-0.2, -0.15) is 0 Å². The first-order valence-electron chi connectivity index (χ1n) is 4.40. The molecule has 0 saturated heterocycles. The SMILES string of the molecule is COc1c(F)cc(Br)c(C(=O)CN)c1OC. The van der Waals surface area contributed by atoms with Crippen molar-refractivity contribution in [3.63, 3.8) is 0 Å². The van der Waals surface area contributed by atoms with Gasteiger partial charge in [-0.05, 0) is 22.0 Å². The minimum absolute atomic E-state index is 0.0461. The molecule has 0 fully saturated rings. The van der Waals surface area contributed by atoms with E-state index in [1.54, 1.807) is 0 Å². The van der Waals surface area contributed by atoms with Crippen molar-refractivity contribution in [1.82, 2.24) is 0 Å². The van der Waals surface area contributed by atoms with Gasteiger partial charge in [0.1, 0.15) is 0 Å². The standard InChI is InChI=1S/C10H11BrFNO3/c1-15-9-6(12)3-5(11)8(7(14)4-13)10(9)16-2/h3H,4,13H2,1-2H3. The first kappa shape index (κ1) is 12.9. The Bertz CT molecular complexity index is 423. The second-order valence-electron chi connectivity index (χ2n) is 2.91. The lowest BCUT2D eigenvalue weighted by atomic mass is 10.1. The van der Waals surface area contributed by atoms with Gasteiger partial charge in [0.15, 0.2) is 23.1 Å². The number of ketones is 1. The molecule has 0 aliphatic carbocycles. The van der Waals surface area contributed by atoms with Crippen molar-refractivity contribution in [2.24, 2.45) is 5.73 Å². The van der Waals surface area contributed by atoms with Gasteiger partial charge in [0.2, 0.25) is 0 Å². The summed E-state index contributed by atoms with van der Waals surface area (Å²) >= 11 is 3.09. The van der Waals surface area contributed by atoms with Crippen LogP contribution < -0.4 is 15.2 Å². The normalized spacial score (nSPS) is 10.1. The predicted molar refractivity (Wildman–Crippen MR) is 60.6 cm³/mol. The molecular formula is C10H11BrFNO3. The minimum atomic E-state index is -0.611. The van der Waals surface area contributed by atoms with Crippen LogP contribution in [0.25, 0.3) is 0 Å². The molecule has 6 heteroatoms. The second-order valence-corrected chi connectivity index (χ2v) is 3.76. The van der Waals surface area contributed by atoms with Crippen molar-refractivity contribution in [1.29, 1.82) is 0 Å². The van der Waals surface area contributed by atoms with Crippen molar-refractivity contribution in [3.8, 4) is 11.5 Å². The lowest BCUT2D eigenvalue weighted by molar-refractivity contribution is 0.0997. The summed E-state index contributed by atoms with van der Waals surface area (Å²) in [4.78, 5) is 11.6. The van der Waals surface area contributed by atoms with Gasteiger partial charge in [0, 0.05) is 4.47 Å². The molecule has 0 amide bonds. The van der Waals surface area contributed by atoms with Crippen LogP contribution in [-0.2, 0) is 0 Å². The Balaban J connectivity index is 3.52. The molecule has 0 aliphatic rings. The molecule has 1 rings (SSSR count). The highest BCUT2D eigenvalue weighted by atomic mass is 79.9. The Hall–Kier alpha value is -1.14. The average Bonchev–Trinajstić information content (AvgIpc) is 2.27. The van der Waals surface area contributed by atoms with Gasteiger partial charge in [0.25, 0.3) is 0 Å². The molecule has 0 heterocycles. The highest BCUT2D eigenvalue weighted by Gasteiger charge is 2.22. The number of methoxy groups -OCH3 is 2. The zero-order valence-corrected chi connectivity index (χ0v) is 10.4. The Morgan fingerprint density at radius 2 is 2.00 bits per heavy atom. The fraction of sp³-hybridized carbons (Fsp3) is 0.300. The van der Waals surface area contributed by atoms with E-state index < -0.39 is 5.82 Å². The number of rotatable bonds is 4. The molecule has 0 atom stereocenters. The molecule has 0 unspecified atom stereocenters. The zero-order valence-electron chi connectivity index (χ0n) is 8.84. The maximum absolute atomic E-state index is 13.5. The van der Waals surface area contributed by atoms with Gasteiger partial charge in [-0.25, -0.2) is 4.39 Å². The minimum Gasteiger partial charge on any atom is -0.492 e. The topological polar surface area (TPSA) is 61.5 Å². The smallest absolute Gasteiger partial charge is 0.197 e. The monoisotopic (exact) mass is 291 g/mol. The van der Waals surface area contributed by atoms with Crippen molar-refractivity contribution in [2.75, 3.05) is 20.8 Å². The number of benzene rings is 1. The van der Waals surface area contributed by atoms with Gasteiger partial charge in [-0.3, -0.25) is 4.79 Å². The van der Waals surface area contributed by atoms with Crippen LogP contribution in [0.3, 0.4) is 0 Å². The third-order valence-electron chi connectivity index (χ3n) is 2.01. The fourth-order valence-corrected chi connectivity index (χ4v) is 1.93. The van der Waals surface area contributed by atoms with Crippen LogP contribution in [0.1, 0.15) is 10.4 Å². The highest BCUT2D eigenvalue weighted by molar-refractivity contribution is 9.10. The largest absolute Gasteiger partial charge is 0.492 e. The van der Waals surface area contributed by atoms with Crippen LogP contribution in [-0.4, -0.2) is 26.5 Å². The maximum atomic E-state index is 13.5. The Labute approximate surface area is 101 Å². The van der Waals surface area contributed by atoms with Crippen molar-refractivity contribution in [3.05, 3.63) is 21.9 Å². The number of Topliss-reactive ketones (excluding diaryl/α,β-unsaturated/α-hetero) is 1. The van der Waals surface area contributed by atoms with Gasteiger partial charge >= 0.3 is 0 Å². The summed E-state index contributed by atoms with van der Waals surface area (Å²) in [5.74, 6) is -1.03. The van der Waals surface area contributed by atoms with E-state index in [1.165, 1.54) is 14.2 Å². The Morgan fingerprint density at radius 3 is 2.44 bits per heavy atom. The Kier molecular flexibility index (Phi) is 4.26. The number of hydrogen-bond acceptors (Lipinski definition) is 4. The molecule has 0 aromatic heterocycles. The molecule has 0 spiro atoms. The van der Waals surface area contributed by atoms with Gasteiger partial charge < -0.3 is 15.2 Å². The first-order valence-corrected chi connectivity index (χ1v) is 5.19. The molecule has 0 saturated carbocycles. The van der Waals surface area contributed by atoms with Crippen LogP contribution >= 0.6 is 15.9 Å². The number of carbonyl (C=O) groups is 1. The molecular weight excluding hydrogens is 281 g/mol. The van der Waals surface area contributed by atoms with Crippen molar-refractivity contribution >= 4 is 21.7 Å². The lowest BCUT2D eigenvalue weighted by Crippen LogP contribution is -2.16. The van der Waals surface area contributed by atoms with Gasteiger partial charge in [-0.15, -0.1) is 0 Å². The van der Waals surface area contributed by atoms with Crippen LogP contribution in [0, 0.1) is 5.82 Å². The molecule has 0 aliphatic heterocycles. The van der Waals surface area contributed by atoms with Crippen LogP contribution in [0.5, 0.6) is 11.5 Å². The van der Waals surface area contributed by atoms with E-state index >= 15 is 0 Å². The molecule has 4 nitrogen and oxygen atoms in total. The molecule has 88 valence electrons. The number of ether oxygens (including phenoxy) is 2. The van der Waals surface area contributed by atoms with E-state index in [2.05, 4.69) is 15.9 Å². The van der Waals surface area contributed by atoms with Crippen LogP contribution in [0.4, 0.5) is 4.39 Å². The number of nitrogens with two attached hydrogens (primary N) is 1. The summed E-state index contributed by atoms with van der Waals surface area (Å²) in [5, 5.41) is 0. The van der Waals surface area contributed by atoms with E-state index in [1.807, 2.05) is 0 Å². The quantitative estimate of drug-likeness (QED) is 0.859. The molecule has 2 N–H and O–H groups in total. The summed E-state index contributed by atoms with van der Waals surface area (Å²) in [6, 6.07) is 1.14. The molecule has 0 radical (unpaired) electrons. The highest BCUT2D eigenvalue weighted by Crippen LogP contribution is 2.38. The summed E-state index contributed by atoms with van der Waals surface area (Å²) in [5.41, 5.74) is 5.45. The summed E-state index contributed by atoms with van der Waals surface area (Å²) in [6.45, 7) is -0.191. The predicted octanol–water partition coefficient (Wildman–Crippen LogP) is 1.75. The van der Waals surface area contributed by atoms with Crippen LogP contribution in [0.15, 0.2) is 10.5 Å². The fourth-order valence-electron chi connectivity index (χ4n) is 1.33. The first-order chi connectivity index (χ1) is 7.56. The average molecular weight is 292 g/mol. The molecule has 0 bridgehead atoms. The third-order valence-corrected chi connectivity index (χ3v) is 2.64. The molecule has 1 aromatic rings. The van der Waals surface area contributed by atoms with E-state index in [4.69, 9.17) is 15.2 Å². The lowest BCUT2D eigenvalue weighted by Gasteiger charge is -2.13. The summed E-state index contributed by atoms with van der Waals surface area (Å²) in [7, 11) is 2.63. The van der Waals surface area contributed by atoms with Crippen molar-refractivity contribution in [2.45, 2.75) is 0 Å². The molecule has 16 heavy (non-hydrogen) atoms. The number of carbonyl (C=O) groups excluding carboxylic acids is 1. The van der Waals surface area contributed by atoms with E-state index in [0.29, 0.717) is 0 Å². The van der Waals surface area contributed by atoms with Gasteiger partial charge in [0.05, 0.1) is 26.3 Å². The maximum Gasteiger partial charge on any atom is 0.197 e. The number of halogens is 2. The summed E-state index contributed by atoms with van der Waals surface area (Å²) in [6.07, 6.45) is 0. The van der Waals surface area contributed by atoms with E-state index in [-0.39, 0.29) is 33.9 Å². The molecule has 1 aromatic carbocycles. The number of hydrogen-bond donors (Lipinski definition) is 1. The third kappa shape index (κ3) is 2.17. The van der Waals surface area contributed by atoms with Crippen molar-refractivity contribution < 1.29 is 18.7 Å². The summed E-state index contributed by atoms with van der Waals surface area (Å²) < 4.78 is 23.6.